The van der Waals surface area contributed by atoms with Crippen molar-refractivity contribution < 1.29 is 9.53 Å². The number of fused-ring (bicyclic) bond motifs is 4. The molecule has 2 N–H and O–H groups in total. The van der Waals surface area contributed by atoms with Crippen LogP contribution in [-0.2, 0) is 11.3 Å². The van der Waals surface area contributed by atoms with Crippen LogP contribution in [0.1, 0.15) is 41.7 Å². The Morgan fingerprint density at radius 1 is 1.00 bits per heavy atom. The number of aromatic nitrogens is 1. The molecule has 3 unspecified atom stereocenters. The zero-order chi connectivity index (χ0) is 24.8. The van der Waals surface area contributed by atoms with Gasteiger partial charge in [-0.3, -0.25) is 15.1 Å². The lowest BCUT2D eigenvalue weighted by atomic mass is 9.87. The van der Waals surface area contributed by atoms with Crippen LogP contribution in [0, 0.1) is 5.92 Å². The lowest BCUT2D eigenvalue weighted by molar-refractivity contribution is 0.0545. The van der Waals surface area contributed by atoms with Gasteiger partial charge >= 0.3 is 0 Å². The van der Waals surface area contributed by atoms with E-state index in [9.17, 15) is 4.79 Å². The Labute approximate surface area is 218 Å². The highest BCUT2D eigenvalue weighted by molar-refractivity contribution is 5.98. The Balaban J connectivity index is 1.02. The molecule has 0 radical (unpaired) electrons. The van der Waals surface area contributed by atoms with Crippen LogP contribution in [0.3, 0.4) is 0 Å². The second-order valence-corrected chi connectivity index (χ2v) is 11.4. The van der Waals surface area contributed by atoms with E-state index < -0.39 is 0 Å². The molecule has 2 aromatic carbocycles. The first-order valence-corrected chi connectivity index (χ1v) is 14.0. The largest absolute Gasteiger partial charge is 0.375 e. The Bertz CT molecular complexity index is 1220. The van der Waals surface area contributed by atoms with E-state index in [0.29, 0.717) is 35.8 Å². The summed E-state index contributed by atoms with van der Waals surface area (Å²) in [5.74, 6) is 0.579. The van der Waals surface area contributed by atoms with Crippen LogP contribution in [-0.4, -0.2) is 82.7 Å². The van der Waals surface area contributed by atoms with Crippen LogP contribution < -0.4 is 5.43 Å². The number of carbonyl (C=O) groups excluding carboxylic acids is 1. The Kier molecular flexibility index (Phi) is 6.04. The topological polar surface area (TPSA) is 63.8 Å². The van der Waals surface area contributed by atoms with Crippen molar-refractivity contribution in [1.29, 1.82) is 0 Å². The van der Waals surface area contributed by atoms with Crippen molar-refractivity contribution in [2.45, 2.75) is 49.9 Å². The number of nitrogens with one attached hydrogen (secondary N) is 2. The number of piperidine rings is 1. The number of likely N-dealkylation sites (tertiary alicyclic amines) is 1. The van der Waals surface area contributed by atoms with Gasteiger partial charge in [0, 0.05) is 67.2 Å². The molecular weight excluding hydrogens is 462 g/mol. The Morgan fingerprint density at radius 2 is 1.84 bits per heavy atom. The molecule has 3 atom stereocenters. The molecule has 194 valence electrons. The van der Waals surface area contributed by atoms with Crippen LogP contribution >= 0.6 is 0 Å². The zero-order valence-electron chi connectivity index (χ0n) is 21.4. The van der Waals surface area contributed by atoms with Crippen molar-refractivity contribution in [3.8, 4) is 0 Å². The first-order chi connectivity index (χ1) is 18.2. The fourth-order valence-corrected chi connectivity index (χ4v) is 6.96. The van der Waals surface area contributed by atoms with Gasteiger partial charge in [-0.2, -0.15) is 0 Å². The average Bonchev–Trinajstić information content (AvgIpc) is 3.51. The van der Waals surface area contributed by atoms with Crippen LogP contribution in [0.2, 0.25) is 0 Å². The number of hydrazine groups is 1. The molecule has 0 bridgehead atoms. The number of para-hydroxylation sites is 1. The third kappa shape index (κ3) is 4.48. The maximum Gasteiger partial charge on any atom is 0.270 e. The highest BCUT2D eigenvalue weighted by Crippen LogP contribution is 2.48. The zero-order valence-corrected chi connectivity index (χ0v) is 21.4. The van der Waals surface area contributed by atoms with Crippen molar-refractivity contribution in [3.63, 3.8) is 0 Å². The minimum absolute atomic E-state index is 0.131. The maximum atomic E-state index is 13.5. The third-order valence-electron chi connectivity index (χ3n) is 9.27. The Hall–Kier alpha value is -2.71. The first-order valence-electron chi connectivity index (χ1n) is 14.0. The predicted octanol–water partition coefficient (Wildman–Crippen LogP) is 3.64. The van der Waals surface area contributed by atoms with Gasteiger partial charge in [-0.15, -0.1) is 0 Å². The number of amides is 1. The van der Waals surface area contributed by atoms with Gasteiger partial charge in [0.1, 0.15) is 5.69 Å². The second kappa shape index (κ2) is 9.55. The van der Waals surface area contributed by atoms with Crippen LogP contribution in [0.25, 0.3) is 10.9 Å². The molecule has 3 saturated heterocycles. The number of nitrogens with zero attached hydrogens (tertiary/aromatic N) is 3. The minimum Gasteiger partial charge on any atom is -0.375 e. The van der Waals surface area contributed by atoms with Gasteiger partial charge in [-0.05, 0) is 43.4 Å². The quantitative estimate of drug-likeness (QED) is 0.507. The number of H-pyrrole nitrogens is 1. The van der Waals surface area contributed by atoms with E-state index in [1.165, 1.54) is 24.8 Å². The highest BCUT2D eigenvalue weighted by Gasteiger charge is 2.54. The molecule has 3 aromatic rings. The molecule has 4 fully saturated rings. The molecule has 1 amide bonds. The number of hydrogen-bond donors (Lipinski definition) is 2. The lowest BCUT2D eigenvalue weighted by Crippen LogP contribution is -2.51. The maximum absolute atomic E-state index is 13.5. The fraction of sp³-hybridized carbons (Fsp3) is 0.500. The number of rotatable bonds is 6. The van der Waals surface area contributed by atoms with E-state index in [4.69, 9.17) is 4.74 Å². The van der Waals surface area contributed by atoms with Gasteiger partial charge < -0.3 is 14.6 Å². The van der Waals surface area contributed by atoms with Crippen molar-refractivity contribution in [2.24, 2.45) is 5.92 Å². The summed E-state index contributed by atoms with van der Waals surface area (Å²) in [7, 11) is 0. The van der Waals surface area contributed by atoms with E-state index in [0.717, 1.165) is 56.7 Å². The molecule has 1 spiro atoms. The summed E-state index contributed by atoms with van der Waals surface area (Å²) < 4.78 is 6.10. The van der Waals surface area contributed by atoms with E-state index in [-0.39, 0.29) is 5.91 Å². The highest BCUT2D eigenvalue weighted by atomic mass is 16.5. The van der Waals surface area contributed by atoms with Crippen molar-refractivity contribution in [3.05, 3.63) is 71.9 Å². The van der Waals surface area contributed by atoms with Crippen molar-refractivity contribution in [2.75, 3.05) is 39.3 Å². The minimum atomic E-state index is 0.131. The third-order valence-corrected chi connectivity index (χ3v) is 9.27. The van der Waals surface area contributed by atoms with Crippen LogP contribution in [0.4, 0.5) is 0 Å². The molecular formula is C30H37N5O2. The van der Waals surface area contributed by atoms with Crippen molar-refractivity contribution in [1.82, 2.24) is 25.2 Å². The van der Waals surface area contributed by atoms with Gasteiger partial charge in [-0.25, -0.2) is 5.01 Å². The van der Waals surface area contributed by atoms with Gasteiger partial charge in [0.2, 0.25) is 0 Å². The molecule has 4 aliphatic rings. The Morgan fingerprint density at radius 3 is 2.68 bits per heavy atom. The standard InChI is InChI=1S/C30H37N5O2/c36-29(27-18-23-8-4-5-9-25(23)31-27)33-14-10-26-24(19-33)28-20-34(30(11-12-30)13-15-35(28)32-26)16-17-37-21-22-6-2-1-3-7-22/h1-9,18,24,26,28,31-32H,10-17,19-21H2. The molecule has 4 heterocycles. The summed E-state index contributed by atoms with van der Waals surface area (Å²) in [4.78, 5) is 21.6. The van der Waals surface area contributed by atoms with Gasteiger partial charge in [-0.1, -0.05) is 48.5 Å². The van der Waals surface area contributed by atoms with Gasteiger partial charge in [0.15, 0.2) is 0 Å². The summed E-state index contributed by atoms with van der Waals surface area (Å²) >= 11 is 0. The first kappa shape index (κ1) is 23.4. The fourth-order valence-electron chi connectivity index (χ4n) is 6.96. The van der Waals surface area contributed by atoms with Crippen LogP contribution in [0.5, 0.6) is 0 Å². The monoisotopic (exact) mass is 499 g/mol. The van der Waals surface area contributed by atoms with Crippen LogP contribution in [0.15, 0.2) is 60.7 Å². The normalized spacial score (nSPS) is 27.2. The molecule has 3 aliphatic heterocycles. The average molecular weight is 500 g/mol. The van der Waals surface area contributed by atoms with E-state index in [2.05, 4.69) is 55.6 Å². The predicted molar refractivity (Wildman–Crippen MR) is 144 cm³/mol. The van der Waals surface area contributed by atoms with Gasteiger partial charge in [0.25, 0.3) is 5.91 Å². The number of ether oxygens (including phenoxy) is 1. The smallest absolute Gasteiger partial charge is 0.270 e. The SMILES string of the molecule is O=C(c1cc2ccccc2[nH]1)N1CCC2NN3CCC4(CC4)N(CCOCc4ccccc4)CC3C2C1. The molecule has 7 rings (SSSR count). The van der Waals surface area contributed by atoms with E-state index in [1.807, 2.05) is 30.3 Å². The number of aromatic amines is 1. The molecule has 1 saturated carbocycles. The summed E-state index contributed by atoms with van der Waals surface area (Å²) in [6.07, 6.45) is 4.82. The summed E-state index contributed by atoms with van der Waals surface area (Å²) in [6, 6.07) is 21.5. The number of hydrogen-bond acceptors (Lipinski definition) is 5. The summed E-state index contributed by atoms with van der Waals surface area (Å²) in [5.41, 5.74) is 7.18. The summed E-state index contributed by atoms with van der Waals surface area (Å²) in [6.45, 7) is 6.19. The van der Waals surface area contributed by atoms with E-state index >= 15 is 0 Å². The molecule has 1 aromatic heterocycles. The number of benzene rings is 2. The van der Waals surface area contributed by atoms with Crippen molar-refractivity contribution >= 4 is 16.8 Å². The molecule has 1 aliphatic carbocycles. The molecule has 37 heavy (non-hydrogen) atoms. The van der Waals surface area contributed by atoms with E-state index in [1.54, 1.807) is 0 Å². The number of carbonyl (C=O) groups is 1. The lowest BCUT2D eigenvalue weighted by Gasteiger charge is -2.38. The summed E-state index contributed by atoms with van der Waals surface area (Å²) in [5, 5.41) is 3.62. The second-order valence-electron chi connectivity index (χ2n) is 11.4. The molecule has 7 heteroatoms. The van der Waals surface area contributed by atoms with Gasteiger partial charge in [0.05, 0.1) is 13.2 Å². The molecule has 7 nitrogen and oxygen atoms in total.